The molecular weight excluding hydrogens is 747 g/mol. The van der Waals surface area contributed by atoms with Gasteiger partial charge in [0, 0.05) is 89.5 Å². The quantitative estimate of drug-likeness (QED) is 0.324. The fourth-order valence-corrected chi connectivity index (χ4v) is 8.37. The van der Waals surface area contributed by atoms with Crippen LogP contribution in [0.1, 0.15) is 49.7 Å². The fourth-order valence-electron chi connectivity index (χ4n) is 7.85. The molecule has 0 aromatic heterocycles. The van der Waals surface area contributed by atoms with E-state index in [4.69, 9.17) is 17.7 Å². The van der Waals surface area contributed by atoms with Crippen LogP contribution in [0.4, 0.5) is 15.3 Å². The average molecular weight is 794 g/mol. The number of urea groups is 1. The van der Waals surface area contributed by atoms with Crippen LogP contribution < -0.4 is 10.8 Å². The van der Waals surface area contributed by atoms with Gasteiger partial charge in [0.15, 0.2) is 6.10 Å². The monoisotopic (exact) mass is 792 g/mol. The van der Waals surface area contributed by atoms with Crippen LogP contribution in [0.2, 0.25) is 0 Å². The maximum Gasteiger partial charge on any atom is 0.410 e. The lowest BCUT2D eigenvalue weighted by molar-refractivity contribution is -0.143. The minimum absolute atomic E-state index is 0.000515. The summed E-state index contributed by atoms with van der Waals surface area (Å²) in [5.41, 5.74) is 2.68. The third-order valence-corrected chi connectivity index (χ3v) is 11.5. The van der Waals surface area contributed by atoms with Gasteiger partial charge in [0.1, 0.15) is 13.6 Å². The van der Waals surface area contributed by atoms with Gasteiger partial charge in [0.05, 0.1) is 10.9 Å². The Bertz CT molecular complexity index is 1670. The number of hydrogen-bond donors (Lipinski definition) is 3. The molecule has 0 unspecified atom stereocenters. The van der Waals surface area contributed by atoms with Crippen molar-refractivity contribution in [3.63, 3.8) is 0 Å². The maximum absolute atomic E-state index is 14.1. The van der Waals surface area contributed by atoms with Crippen LogP contribution in [0.5, 0.6) is 5.75 Å². The zero-order valence-corrected chi connectivity index (χ0v) is 31.3. The minimum atomic E-state index is -1.12. The molecule has 1 atom stereocenters. The second-order valence-electron chi connectivity index (χ2n) is 14.2. The van der Waals surface area contributed by atoms with Gasteiger partial charge in [-0.05, 0) is 71.3 Å². The molecule has 2 radical (unpaired) electrons. The number of ether oxygens (including phenoxy) is 1. The van der Waals surface area contributed by atoms with E-state index >= 15 is 0 Å². The van der Waals surface area contributed by atoms with E-state index in [2.05, 4.69) is 26.1 Å². The smallest absolute Gasteiger partial charge is 0.410 e. The summed E-state index contributed by atoms with van der Waals surface area (Å²) in [4.78, 5) is 73.3. The Balaban J connectivity index is 1.04. The molecule has 282 valence electrons. The molecule has 0 aliphatic carbocycles. The number of carboxylic acid groups (broad SMARTS) is 1. The van der Waals surface area contributed by atoms with E-state index in [1.165, 1.54) is 0 Å². The highest BCUT2D eigenvalue weighted by Crippen LogP contribution is 2.27. The zero-order valence-electron chi connectivity index (χ0n) is 29.8. The number of nitrogens with zero attached hydrogens (tertiary/aromatic N) is 5. The van der Waals surface area contributed by atoms with Crippen molar-refractivity contribution in [2.45, 2.75) is 69.6 Å². The summed E-state index contributed by atoms with van der Waals surface area (Å²) in [6, 6.07) is 11.1. The zero-order chi connectivity index (χ0) is 37.6. The Kier molecular flexibility index (Phi) is 12.5. The van der Waals surface area contributed by atoms with E-state index in [9.17, 15) is 29.1 Å². The van der Waals surface area contributed by atoms with Crippen LogP contribution in [0.25, 0.3) is 0 Å². The second kappa shape index (κ2) is 17.2. The molecule has 0 saturated carbocycles. The third-order valence-electron chi connectivity index (χ3n) is 10.9. The summed E-state index contributed by atoms with van der Waals surface area (Å²) in [6.45, 7) is 4.73. The molecule has 0 bridgehead atoms. The van der Waals surface area contributed by atoms with Crippen LogP contribution in [0.3, 0.4) is 0 Å². The topological polar surface area (TPSA) is 163 Å². The average Bonchev–Trinajstić information content (AvgIpc) is 3.33. The lowest BCUT2D eigenvalue weighted by atomic mass is 9.91. The summed E-state index contributed by atoms with van der Waals surface area (Å²) in [5.74, 6) is -1.53. The number of carbonyl (C=O) groups is 5. The predicted molar refractivity (Wildman–Crippen MR) is 200 cm³/mol. The highest BCUT2D eigenvalue weighted by Gasteiger charge is 2.37. The number of phenolic OH excluding ortho intramolecular Hbond substituents is 1. The van der Waals surface area contributed by atoms with Crippen molar-refractivity contribution in [1.29, 1.82) is 0 Å². The highest BCUT2D eigenvalue weighted by molar-refractivity contribution is 9.10. The van der Waals surface area contributed by atoms with Crippen molar-refractivity contribution >= 4 is 64.8 Å². The van der Waals surface area contributed by atoms with E-state index in [1.54, 1.807) is 26.8 Å². The van der Waals surface area contributed by atoms with Gasteiger partial charge in [-0.3, -0.25) is 19.3 Å². The molecule has 4 heterocycles. The van der Waals surface area contributed by atoms with Gasteiger partial charge in [-0.1, -0.05) is 29.7 Å². The van der Waals surface area contributed by atoms with Crippen LogP contribution in [0, 0.1) is 0 Å². The second-order valence-corrected chi connectivity index (χ2v) is 15.1. The van der Waals surface area contributed by atoms with Crippen molar-refractivity contribution in [1.82, 2.24) is 24.5 Å². The van der Waals surface area contributed by atoms with E-state index < -0.39 is 18.2 Å². The summed E-state index contributed by atoms with van der Waals surface area (Å²) >= 11 is 3.32. The van der Waals surface area contributed by atoms with Crippen LogP contribution >= 0.6 is 15.9 Å². The lowest BCUT2D eigenvalue weighted by Crippen LogP contribution is -2.56. The Labute approximate surface area is 318 Å². The van der Waals surface area contributed by atoms with Crippen molar-refractivity contribution in [3.8, 4) is 5.75 Å². The predicted octanol–water partition coefficient (Wildman–Crippen LogP) is 2.55. The maximum atomic E-state index is 14.1. The molecule has 3 fully saturated rings. The molecule has 3 saturated heterocycles. The molecule has 4 aliphatic heterocycles. The Morgan fingerprint density at radius 3 is 2.21 bits per heavy atom. The summed E-state index contributed by atoms with van der Waals surface area (Å²) in [5, 5.41) is 22.1. The number of phenols is 1. The molecule has 53 heavy (non-hydrogen) atoms. The molecule has 14 nitrogen and oxygen atoms in total. The number of nitrogens with one attached hydrogen (secondary N) is 1. The van der Waals surface area contributed by atoms with Gasteiger partial charge in [0.25, 0.3) is 5.91 Å². The Hall–Kier alpha value is -4.31. The molecule has 3 N–H and O–H groups in total. The number of carbonyl (C=O) groups excluding carboxylic acids is 4. The first kappa shape index (κ1) is 38.4. The highest BCUT2D eigenvalue weighted by atomic mass is 79.9. The number of likely N-dealkylation sites (tertiary alicyclic amines) is 2. The molecule has 2 aromatic carbocycles. The first-order valence-corrected chi connectivity index (χ1v) is 19.2. The molecule has 4 aliphatic rings. The number of aromatic hydroxyl groups is 1. The van der Waals surface area contributed by atoms with Gasteiger partial charge in [-0.15, -0.1) is 0 Å². The van der Waals surface area contributed by atoms with Gasteiger partial charge < -0.3 is 39.9 Å². The van der Waals surface area contributed by atoms with Crippen molar-refractivity contribution in [3.05, 3.63) is 52.0 Å². The molecule has 0 spiro atoms. The number of piperidine rings is 2. The molecule has 5 amide bonds. The largest absolute Gasteiger partial charge is 0.507 e. The number of aliphatic carboxylic acids is 1. The number of para-hydroxylation sites is 1. The molecule has 6 rings (SSSR count). The number of carboxylic acids is 1. The lowest BCUT2D eigenvalue weighted by Gasteiger charge is -2.43. The van der Waals surface area contributed by atoms with E-state index in [-0.39, 0.29) is 60.4 Å². The van der Waals surface area contributed by atoms with Crippen LogP contribution in [-0.2, 0) is 32.0 Å². The summed E-state index contributed by atoms with van der Waals surface area (Å²) < 4.78 is 6.37. The normalized spacial score (nSPS) is 19.6. The number of anilines is 1. The third kappa shape index (κ3) is 9.44. The number of piperazine rings is 1. The minimum Gasteiger partial charge on any atom is -0.507 e. The fraction of sp³-hybridized carbons (Fsp3) is 0.541. The van der Waals surface area contributed by atoms with Crippen LogP contribution in [-0.4, -0.2) is 150 Å². The van der Waals surface area contributed by atoms with E-state index in [1.807, 2.05) is 29.2 Å². The van der Waals surface area contributed by atoms with Gasteiger partial charge in [0.2, 0.25) is 5.91 Å². The van der Waals surface area contributed by atoms with Crippen molar-refractivity contribution in [2.24, 2.45) is 0 Å². The molecular formula is C37H46BBrN6O8. The summed E-state index contributed by atoms with van der Waals surface area (Å²) in [6.07, 6.45) is 1.52. The molecule has 16 heteroatoms. The number of halogens is 1. The van der Waals surface area contributed by atoms with Crippen molar-refractivity contribution in [2.75, 3.05) is 64.2 Å². The Morgan fingerprint density at radius 1 is 0.868 bits per heavy atom. The number of rotatable bonds is 9. The number of benzene rings is 2. The van der Waals surface area contributed by atoms with Gasteiger partial charge in [-0.25, -0.2) is 9.59 Å². The van der Waals surface area contributed by atoms with E-state index in [0.717, 1.165) is 30.5 Å². The number of amides is 5. The van der Waals surface area contributed by atoms with Gasteiger partial charge >= 0.3 is 18.1 Å². The first-order valence-electron chi connectivity index (χ1n) is 18.4. The van der Waals surface area contributed by atoms with Crippen LogP contribution in [0.15, 0.2) is 40.9 Å². The number of fused-ring (bicyclic) bond motifs is 1. The number of hydrogen-bond acceptors (Lipinski definition) is 8. The molecule has 2 aromatic rings. The Morgan fingerprint density at radius 2 is 1.53 bits per heavy atom. The first-order chi connectivity index (χ1) is 25.5. The van der Waals surface area contributed by atoms with Crippen molar-refractivity contribution < 1.29 is 38.9 Å². The SMILES string of the molecule is [B]c1cc(C[C@@H](OC(=O)N2CCC(N3CCc4ccccc4NC3=O)CC2)C(=O)N2CCC(N3CCN(C(=O)CCC(=O)O)CC3)CC2)cc(Br)c1O. The van der Waals surface area contributed by atoms with Gasteiger partial charge in [-0.2, -0.15) is 0 Å². The standard InChI is InChI=1S/C37H46BBrN6O8/c38-28-21-24(22-29(39)34(28)49)23-31(35(50)43-12-8-26(9-13-43)41-17-19-42(20-18-41)32(46)5-6-33(47)48)53-37(52)44-14-10-27(11-15-44)45-16-7-25-3-1-2-4-30(25)40-36(45)51/h1-4,21-22,26-27,31,49H,5-20,23H2,(H,40,51)(H,47,48)/t31-/m1/s1. The van der Waals surface area contributed by atoms with E-state index in [0.29, 0.717) is 81.8 Å². The summed E-state index contributed by atoms with van der Waals surface area (Å²) in [7, 11) is 6.02.